The minimum atomic E-state index is -0.339. The first-order chi connectivity index (χ1) is 7.63. The molecule has 1 rings (SSSR count). The highest BCUT2D eigenvalue weighted by atomic mass is 19.1. The highest BCUT2D eigenvalue weighted by Crippen LogP contribution is 2.06. The van der Waals surface area contributed by atoms with Crippen LogP contribution in [-0.4, -0.2) is 42.5 Å². The number of ketones is 1. The Morgan fingerprint density at radius 2 is 1.94 bits per heavy atom. The fourth-order valence-electron chi connectivity index (χ4n) is 1.36. The molecular formula is C12H16FNO2. The highest BCUT2D eigenvalue weighted by molar-refractivity contribution is 5.96. The Bertz CT molecular complexity index is 337. The molecule has 16 heavy (non-hydrogen) atoms. The molecule has 0 amide bonds. The van der Waals surface area contributed by atoms with Crippen LogP contribution >= 0.6 is 0 Å². The molecule has 0 aliphatic carbocycles. The number of likely N-dealkylation sites (N-methyl/N-ethyl adjacent to an activating group) is 1. The van der Waals surface area contributed by atoms with E-state index in [0.29, 0.717) is 25.1 Å². The molecule has 0 atom stereocenters. The van der Waals surface area contributed by atoms with Crippen LogP contribution in [0.5, 0.6) is 0 Å². The van der Waals surface area contributed by atoms with E-state index >= 15 is 0 Å². The number of hydrogen-bond acceptors (Lipinski definition) is 3. The Labute approximate surface area is 94.5 Å². The van der Waals surface area contributed by atoms with E-state index in [2.05, 4.69) is 0 Å². The summed E-state index contributed by atoms with van der Waals surface area (Å²) in [4.78, 5) is 13.5. The van der Waals surface area contributed by atoms with Crippen molar-refractivity contribution in [1.29, 1.82) is 0 Å². The lowest BCUT2D eigenvalue weighted by Crippen LogP contribution is -2.24. The number of rotatable bonds is 6. The van der Waals surface area contributed by atoms with Gasteiger partial charge in [-0.25, -0.2) is 4.39 Å². The van der Waals surface area contributed by atoms with E-state index in [1.54, 1.807) is 0 Å². The van der Waals surface area contributed by atoms with E-state index in [-0.39, 0.29) is 18.2 Å². The predicted octanol–water partition coefficient (Wildman–Crippen LogP) is 1.32. The third-order valence-corrected chi connectivity index (χ3v) is 2.37. The molecule has 0 spiro atoms. The first-order valence-corrected chi connectivity index (χ1v) is 5.21. The molecule has 88 valence electrons. The molecule has 0 saturated carbocycles. The van der Waals surface area contributed by atoms with Crippen LogP contribution in [0.3, 0.4) is 0 Å². The van der Waals surface area contributed by atoms with Gasteiger partial charge in [-0.1, -0.05) is 0 Å². The van der Waals surface area contributed by atoms with Crippen LogP contribution in [0.4, 0.5) is 4.39 Å². The molecule has 0 saturated heterocycles. The van der Waals surface area contributed by atoms with Gasteiger partial charge in [-0.3, -0.25) is 4.79 Å². The maximum absolute atomic E-state index is 12.6. The normalized spacial score (nSPS) is 10.8. The molecule has 0 aliphatic rings. The zero-order valence-electron chi connectivity index (χ0n) is 9.32. The molecule has 3 nitrogen and oxygen atoms in total. The Hall–Kier alpha value is -1.26. The number of benzene rings is 1. The van der Waals surface area contributed by atoms with Crippen LogP contribution < -0.4 is 0 Å². The number of hydrogen-bond donors (Lipinski definition) is 1. The fraction of sp³-hybridized carbons (Fsp3) is 0.417. The van der Waals surface area contributed by atoms with Crippen LogP contribution in [0.1, 0.15) is 16.8 Å². The van der Waals surface area contributed by atoms with Gasteiger partial charge in [-0.2, -0.15) is 0 Å². The van der Waals surface area contributed by atoms with E-state index in [9.17, 15) is 9.18 Å². The average molecular weight is 225 g/mol. The Morgan fingerprint density at radius 1 is 1.31 bits per heavy atom. The smallest absolute Gasteiger partial charge is 0.164 e. The molecule has 0 radical (unpaired) electrons. The number of carbonyl (C=O) groups is 1. The van der Waals surface area contributed by atoms with Crippen LogP contribution in [0.2, 0.25) is 0 Å². The second-order valence-corrected chi connectivity index (χ2v) is 3.71. The Morgan fingerprint density at radius 3 is 2.50 bits per heavy atom. The topological polar surface area (TPSA) is 40.5 Å². The monoisotopic (exact) mass is 225 g/mol. The number of nitrogens with zero attached hydrogens (tertiary/aromatic N) is 1. The number of Topliss-reactive ketones (excluding diaryl/α,β-unsaturated/α-hetero) is 1. The lowest BCUT2D eigenvalue weighted by molar-refractivity contribution is 0.0964. The van der Waals surface area contributed by atoms with Crippen LogP contribution in [0.25, 0.3) is 0 Å². The molecule has 0 unspecified atom stereocenters. The number of aliphatic hydroxyl groups excluding tert-OH is 1. The van der Waals surface area contributed by atoms with Crippen molar-refractivity contribution < 1.29 is 14.3 Å². The molecule has 0 aromatic heterocycles. The lowest BCUT2D eigenvalue weighted by atomic mass is 10.1. The third kappa shape index (κ3) is 4.08. The van der Waals surface area contributed by atoms with Gasteiger partial charge in [0.15, 0.2) is 5.78 Å². The van der Waals surface area contributed by atoms with Crippen molar-refractivity contribution >= 4 is 5.78 Å². The van der Waals surface area contributed by atoms with Crippen molar-refractivity contribution in [1.82, 2.24) is 4.90 Å². The SMILES string of the molecule is CN(CCO)CCC(=O)c1ccc(F)cc1. The maximum atomic E-state index is 12.6. The molecule has 0 bridgehead atoms. The summed E-state index contributed by atoms with van der Waals surface area (Å²) >= 11 is 0. The van der Waals surface area contributed by atoms with Crippen LogP contribution in [0, 0.1) is 5.82 Å². The first-order valence-electron chi connectivity index (χ1n) is 5.21. The van der Waals surface area contributed by atoms with Crippen molar-refractivity contribution in [3.63, 3.8) is 0 Å². The van der Waals surface area contributed by atoms with E-state index in [4.69, 9.17) is 5.11 Å². The van der Waals surface area contributed by atoms with E-state index in [0.717, 1.165) is 0 Å². The Balaban J connectivity index is 2.43. The average Bonchev–Trinajstić information content (AvgIpc) is 2.27. The maximum Gasteiger partial charge on any atom is 0.164 e. The van der Waals surface area contributed by atoms with E-state index < -0.39 is 0 Å². The van der Waals surface area contributed by atoms with Crippen molar-refractivity contribution in [2.75, 3.05) is 26.7 Å². The quantitative estimate of drug-likeness (QED) is 0.742. The molecule has 1 aromatic carbocycles. The largest absolute Gasteiger partial charge is 0.395 e. The fourth-order valence-corrected chi connectivity index (χ4v) is 1.36. The number of carbonyl (C=O) groups excluding carboxylic acids is 1. The second-order valence-electron chi connectivity index (χ2n) is 3.71. The van der Waals surface area contributed by atoms with Crippen LogP contribution in [-0.2, 0) is 0 Å². The van der Waals surface area contributed by atoms with Gasteiger partial charge in [0.1, 0.15) is 5.82 Å². The first kappa shape index (κ1) is 12.8. The van der Waals surface area contributed by atoms with E-state index in [1.807, 2.05) is 11.9 Å². The van der Waals surface area contributed by atoms with Gasteiger partial charge < -0.3 is 10.0 Å². The van der Waals surface area contributed by atoms with Crippen molar-refractivity contribution in [2.45, 2.75) is 6.42 Å². The van der Waals surface area contributed by atoms with Crippen molar-refractivity contribution in [2.24, 2.45) is 0 Å². The summed E-state index contributed by atoms with van der Waals surface area (Å²) < 4.78 is 12.6. The minimum absolute atomic E-state index is 0.00945. The summed E-state index contributed by atoms with van der Waals surface area (Å²) in [6, 6.07) is 5.54. The summed E-state index contributed by atoms with van der Waals surface area (Å²) in [7, 11) is 1.84. The summed E-state index contributed by atoms with van der Waals surface area (Å²) in [5.41, 5.74) is 0.527. The molecular weight excluding hydrogens is 209 g/mol. The lowest BCUT2D eigenvalue weighted by Gasteiger charge is -2.13. The van der Waals surface area contributed by atoms with Gasteiger partial charge >= 0.3 is 0 Å². The van der Waals surface area contributed by atoms with Gasteiger partial charge in [-0.15, -0.1) is 0 Å². The minimum Gasteiger partial charge on any atom is -0.395 e. The van der Waals surface area contributed by atoms with E-state index in [1.165, 1.54) is 24.3 Å². The van der Waals surface area contributed by atoms with Crippen molar-refractivity contribution in [3.05, 3.63) is 35.6 Å². The summed E-state index contributed by atoms with van der Waals surface area (Å²) in [6.07, 6.45) is 0.377. The molecule has 4 heteroatoms. The molecule has 0 fully saturated rings. The Kier molecular flexibility index (Phi) is 5.08. The van der Waals surface area contributed by atoms with Gasteiger partial charge in [0, 0.05) is 25.1 Å². The number of halogens is 1. The van der Waals surface area contributed by atoms with Crippen LogP contribution in [0.15, 0.2) is 24.3 Å². The molecule has 0 aliphatic heterocycles. The van der Waals surface area contributed by atoms with Gasteiger partial charge in [-0.05, 0) is 31.3 Å². The van der Waals surface area contributed by atoms with Gasteiger partial charge in [0.25, 0.3) is 0 Å². The molecule has 0 heterocycles. The highest BCUT2D eigenvalue weighted by Gasteiger charge is 2.07. The zero-order valence-corrected chi connectivity index (χ0v) is 9.32. The second kappa shape index (κ2) is 6.35. The number of aliphatic hydroxyl groups is 1. The third-order valence-electron chi connectivity index (χ3n) is 2.37. The predicted molar refractivity (Wildman–Crippen MR) is 59.9 cm³/mol. The summed E-state index contributed by atoms with van der Waals surface area (Å²) in [5, 5.41) is 8.68. The standard InChI is InChI=1S/C12H16FNO2/c1-14(8-9-15)7-6-12(16)10-2-4-11(13)5-3-10/h2-5,15H,6-9H2,1H3. The summed E-state index contributed by atoms with van der Waals surface area (Å²) in [6.45, 7) is 1.23. The summed E-state index contributed by atoms with van der Waals surface area (Å²) in [5.74, 6) is -0.348. The molecule has 1 N–H and O–H groups in total. The molecule has 1 aromatic rings. The van der Waals surface area contributed by atoms with Gasteiger partial charge in [0.2, 0.25) is 0 Å². The van der Waals surface area contributed by atoms with Gasteiger partial charge in [0.05, 0.1) is 6.61 Å². The van der Waals surface area contributed by atoms with Crippen molar-refractivity contribution in [3.8, 4) is 0 Å². The zero-order chi connectivity index (χ0) is 12.0.